The highest BCUT2D eigenvalue weighted by atomic mass is 35.5. The van der Waals surface area contributed by atoms with Crippen molar-refractivity contribution in [2.45, 2.75) is 57.0 Å². The number of hydrogen-bond acceptors (Lipinski definition) is 3. The number of nitrogens with zero attached hydrogens (tertiary/aromatic N) is 1. The van der Waals surface area contributed by atoms with Crippen LogP contribution < -0.4 is 4.74 Å². The molecule has 0 bridgehead atoms. The normalized spacial score (nSPS) is 21.2. The van der Waals surface area contributed by atoms with Crippen LogP contribution in [-0.4, -0.2) is 42.2 Å². The van der Waals surface area contributed by atoms with E-state index in [1.165, 1.54) is 48.8 Å². The lowest BCUT2D eigenvalue weighted by atomic mass is 9.71. The van der Waals surface area contributed by atoms with Gasteiger partial charge in [-0.15, -0.1) is 12.4 Å². The van der Waals surface area contributed by atoms with Crippen LogP contribution >= 0.6 is 12.4 Å². The summed E-state index contributed by atoms with van der Waals surface area (Å²) in [5, 5.41) is 9.16. The van der Waals surface area contributed by atoms with E-state index in [0.717, 1.165) is 25.1 Å². The van der Waals surface area contributed by atoms with E-state index >= 15 is 0 Å². The number of halogens is 1. The van der Waals surface area contributed by atoms with Gasteiger partial charge in [0.15, 0.2) is 0 Å². The first-order chi connectivity index (χ1) is 14.6. The third-order valence-corrected chi connectivity index (χ3v) is 6.67. The maximum absolute atomic E-state index is 11.1. The molecule has 4 rings (SSSR count). The molecule has 0 saturated heterocycles. The van der Waals surface area contributed by atoms with Crippen LogP contribution in [-0.2, 0) is 11.2 Å². The average Bonchev–Trinajstić information content (AvgIpc) is 2.74. The summed E-state index contributed by atoms with van der Waals surface area (Å²) in [6.07, 6.45) is 8.66. The highest BCUT2D eigenvalue weighted by Gasteiger charge is 2.32. The van der Waals surface area contributed by atoms with Crippen molar-refractivity contribution in [1.82, 2.24) is 4.90 Å². The zero-order chi connectivity index (χ0) is 20.9. The minimum absolute atomic E-state index is 0. The van der Waals surface area contributed by atoms with Gasteiger partial charge in [-0.05, 0) is 80.3 Å². The largest absolute Gasteiger partial charge is 0.490 e. The number of aryl methyl sites for hydroxylation is 1. The third kappa shape index (κ3) is 6.02. The van der Waals surface area contributed by atoms with Crippen molar-refractivity contribution < 1.29 is 14.6 Å². The van der Waals surface area contributed by atoms with Gasteiger partial charge in [-0.25, -0.2) is 0 Å². The van der Waals surface area contributed by atoms with Crippen molar-refractivity contribution in [3.63, 3.8) is 0 Å². The summed E-state index contributed by atoms with van der Waals surface area (Å²) < 4.78 is 6.32. The summed E-state index contributed by atoms with van der Waals surface area (Å²) in [5.41, 5.74) is 4.07. The zero-order valence-electron chi connectivity index (χ0n) is 18.3. The van der Waals surface area contributed by atoms with Crippen LogP contribution in [0.25, 0.3) is 0 Å². The van der Waals surface area contributed by atoms with Gasteiger partial charge in [0, 0.05) is 12.5 Å². The summed E-state index contributed by atoms with van der Waals surface area (Å²) in [7, 11) is 1.91. The third-order valence-electron chi connectivity index (χ3n) is 6.67. The summed E-state index contributed by atoms with van der Waals surface area (Å²) in [6.45, 7) is 0.866. The molecule has 0 radical (unpaired) electrons. The molecule has 1 N–H and O–H groups in total. The van der Waals surface area contributed by atoms with Crippen LogP contribution in [0.2, 0.25) is 0 Å². The van der Waals surface area contributed by atoms with Gasteiger partial charge in [-0.3, -0.25) is 9.69 Å². The Labute approximate surface area is 192 Å². The second kappa shape index (κ2) is 11.0. The lowest BCUT2D eigenvalue weighted by Gasteiger charge is -2.36. The van der Waals surface area contributed by atoms with E-state index in [1.807, 2.05) is 11.9 Å². The first-order valence-electron chi connectivity index (χ1n) is 11.3. The van der Waals surface area contributed by atoms with Gasteiger partial charge in [-0.2, -0.15) is 0 Å². The minimum Gasteiger partial charge on any atom is -0.490 e. The first-order valence-corrected chi connectivity index (χ1v) is 11.3. The molecule has 1 fully saturated rings. The fraction of sp³-hybridized carbons (Fsp3) is 0.500. The fourth-order valence-corrected chi connectivity index (χ4v) is 5.32. The number of benzene rings is 2. The molecular formula is C26H34ClNO3. The van der Waals surface area contributed by atoms with E-state index in [1.54, 1.807) is 0 Å². The fourth-order valence-electron chi connectivity index (χ4n) is 5.32. The Bertz CT molecular complexity index is 851. The molecule has 31 heavy (non-hydrogen) atoms. The maximum atomic E-state index is 11.1. The Morgan fingerprint density at radius 2 is 1.81 bits per heavy atom. The van der Waals surface area contributed by atoms with E-state index in [-0.39, 0.29) is 24.9 Å². The number of aliphatic carboxylic acids is 1. The van der Waals surface area contributed by atoms with E-state index in [0.29, 0.717) is 12.0 Å². The number of likely N-dealkylation sites (N-methyl/N-ethyl adjacent to an activating group) is 1. The lowest BCUT2D eigenvalue weighted by molar-refractivity contribution is -0.138. The van der Waals surface area contributed by atoms with Crippen molar-refractivity contribution in [2.75, 3.05) is 20.1 Å². The molecule has 168 valence electrons. The van der Waals surface area contributed by atoms with Crippen molar-refractivity contribution in [2.24, 2.45) is 5.92 Å². The van der Waals surface area contributed by atoms with Gasteiger partial charge in [0.05, 0.1) is 12.6 Å². The van der Waals surface area contributed by atoms with Crippen LogP contribution in [0.1, 0.15) is 61.1 Å². The quantitative estimate of drug-likeness (QED) is 0.611. The van der Waals surface area contributed by atoms with Gasteiger partial charge in [0.2, 0.25) is 0 Å². The Hall–Kier alpha value is -2.04. The highest BCUT2D eigenvalue weighted by molar-refractivity contribution is 5.85. The Morgan fingerprint density at radius 1 is 1.06 bits per heavy atom. The molecule has 1 saturated carbocycles. The zero-order valence-corrected chi connectivity index (χ0v) is 19.2. The Balaban J connectivity index is 0.00000272. The van der Waals surface area contributed by atoms with Gasteiger partial charge in [0.1, 0.15) is 5.75 Å². The molecule has 2 unspecified atom stereocenters. The van der Waals surface area contributed by atoms with Gasteiger partial charge in [0.25, 0.3) is 0 Å². The van der Waals surface area contributed by atoms with Gasteiger partial charge >= 0.3 is 5.97 Å². The monoisotopic (exact) mass is 443 g/mol. The SMILES string of the molecule is CN(CC(=O)O)CC1CCc2cc(OC3CCCCC3)ccc2C1c1ccccc1.Cl. The molecule has 0 heterocycles. The molecule has 0 aliphatic heterocycles. The average molecular weight is 444 g/mol. The van der Waals surface area contributed by atoms with Crippen molar-refractivity contribution >= 4 is 18.4 Å². The van der Waals surface area contributed by atoms with E-state index < -0.39 is 5.97 Å². The molecule has 2 aromatic carbocycles. The number of carboxylic acids is 1. The van der Waals surface area contributed by atoms with Gasteiger partial charge < -0.3 is 9.84 Å². The van der Waals surface area contributed by atoms with Crippen LogP contribution in [0.15, 0.2) is 48.5 Å². The van der Waals surface area contributed by atoms with E-state index in [9.17, 15) is 4.79 Å². The second-order valence-electron chi connectivity index (χ2n) is 9.02. The molecule has 2 aliphatic rings. The standard InChI is InChI=1S/C26H33NO3.ClH/c1-27(18-25(28)29)17-21-13-12-20-16-23(30-22-10-6-3-7-11-22)14-15-24(20)26(21)19-8-4-2-5-9-19;/h2,4-5,8-9,14-16,21-22,26H,3,6-7,10-13,17-18H2,1H3,(H,28,29);1H. The molecule has 0 aromatic heterocycles. The molecule has 2 aromatic rings. The van der Waals surface area contributed by atoms with Crippen LogP contribution in [0.3, 0.4) is 0 Å². The maximum Gasteiger partial charge on any atom is 0.317 e. The minimum atomic E-state index is -0.769. The first kappa shape index (κ1) is 23.6. The Morgan fingerprint density at radius 3 is 2.52 bits per heavy atom. The lowest BCUT2D eigenvalue weighted by Crippen LogP contribution is -2.35. The molecule has 2 atom stereocenters. The summed E-state index contributed by atoms with van der Waals surface area (Å²) >= 11 is 0. The van der Waals surface area contributed by atoms with E-state index in [4.69, 9.17) is 9.84 Å². The molecule has 0 amide bonds. The number of carbonyl (C=O) groups is 1. The molecule has 0 spiro atoms. The predicted molar refractivity (Wildman–Crippen MR) is 126 cm³/mol. The van der Waals surface area contributed by atoms with Crippen molar-refractivity contribution in [3.8, 4) is 5.75 Å². The van der Waals surface area contributed by atoms with E-state index in [2.05, 4.69) is 48.5 Å². The molecule has 4 nitrogen and oxygen atoms in total. The second-order valence-corrected chi connectivity index (χ2v) is 9.02. The van der Waals surface area contributed by atoms with Crippen LogP contribution in [0.5, 0.6) is 5.75 Å². The van der Waals surface area contributed by atoms with Crippen molar-refractivity contribution in [3.05, 3.63) is 65.2 Å². The summed E-state index contributed by atoms with van der Waals surface area (Å²) in [5.74, 6) is 0.924. The van der Waals surface area contributed by atoms with Crippen LogP contribution in [0, 0.1) is 5.92 Å². The number of hydrogen-bond donors (Lipinski definition) is 1. The predicted octanol–water partition coefficient (Wildman–Crippen LogP) is 5.53. The molecule has 2 aliphatic carbocycles. The summed E-state index contributed by atoms with van der Waals surface area (Å²) in [4.78, 5) is 13.1. The number of carboxylic acid groups (broad SMARTS) is 1. The topological polar surface area (TPSA) is 49.8 Å². The molecular weight excluding hydrogens is 410 g/mol. The number of ether oxygens (including phenoxy) is 1. The van der Waals surface area contributed by atoms with Gasteiger partial charge in [-0.1, -0.05) is 42.8 Å². The number of fused-ring (bicyclic) bond motifs is 1. The Kier molecular flexibility index (Phi) is 8.39. The summed E-state index contributed by atoms with van der Waals surface area (Å²) in [6, 6.07) is 17.3. The number of rotatable bonds is 7. The van der Waals surface area contributed by atoms with Crippen molar-refractivity contribution in [1.29, 1.82) is 0 Å². The highest BCUT2D eigenvalue weighted by Crippen LogP contribution is 2.42. The molecule has 5 heteroatoms. The van der Waals surface area contributed by atoms with Crippen LogP contribution in [0.4, 0.5) is 0 Å². The smallest absolute Gasteiger partial charge is 0.317 e.